The minimum atomic E-state index is -0.176. The summed E-state index contributed by atoms with van der Waals surface area (Å²) in [5.74, 6) is 1.23. The van der Waals surface area contributed by atoms with Gasteiger partial charge in [0.15, 0.2) is 0 Å². The molecule has 1 aliphatic carbocycles. The monoisotopic (exact) mass is 302 g/mol. The van der Waals surface area contributed by atoms with Crippen molar-refractivity contribution < 1.29 is 9.53 Å². The summed E-state index contributed by atoms with van der Waals surface area (Å²) < 4.78 is 5.25. The summed E-state index contributed by atoms with van der Waals surface area (Å²) in [6.07, 6.45) is 5.40. The Balaban J connectivity index is 1.77. The van der Waals surface area contributed by atoms with Gasteiger partial charge in [-0.25, -0.2) is 0 Å². The van der Waals surface area contributed by atoms with Crippen molar-refractivity contribution in [1.82, 2.24) is 10.2 Å². The molecular weight excluding hydrogens is 276 g/mol. The first-order valence-corrected chi connectivity index (χ1v) is 8.28. The molecule has 1 heterocycles. The van der Waals surface area contributed by atoms with Crippen molar-refractivity contribution in [2.24, 2.45) is 5.92 Å². The molecule has 2 aliphatic rings. The van der Waals surface area contributed by atoms with Gasteiger partial charge in [0.25, 0.3) is 0 Å². The zero-order valence-corrected chi connectivity index (χ0v) is 13.6. The number of nitrogens with zero attached hydrogens (tertiary/aromatic N) is 1. The van der Waals surface area contributed by atoms with E-state index in [9.17, 15) is 4.79 Å². The molecule has 0 bridgehead atoms. The molecule has 120 valence electrons. The van der Waals surface area contributed by atoms with Crippen molar-refractivity contribution in [2.75, 3.05) is 27.2 Å². The highest BCUT2D eigenvalue weighted by molar-refractivity contribution is 5.80. The van der Waals surface area contributed by atoms with Crippen LogP contribution in [0.2, 0.25) is 0 Å². The Hall–Kier alpha value is -1.55. The summed E-state index contributed by atoms with van der Waals surface area (Å²) in [7, 11) is 3.76. The summed E-state index contributed by atoms with van der Waals surface area (Å²) in [5, 5.41) is 3.40. The van der Waals surface area contributed by atoms with Gasteiger partial charge in [-0.2, -0.15) is 0 Å². The second kappa shape index (κ2) is 6.29. The van der Waals surface area contributed by atoms with Gasteiger partial charge in [0, 0.05) is 6.54 Å². The second-order valence-electron chi connectivity index (χ2n) is 6.75. The Bertz CT molecular complexity index is 520. The Kier molecular flexibility index (Phi) is 4.39. The van der Waals surface area contributed by atoms with E-state index in [1.807, 2.05) is 12.1 Å². The standard InChI is InChI=1S/C18H26N2O2/c1-20-12-9-14(13-20)17(21)19-18(10-3-4-11-18)15-5-7-16(22-2)8-6-15/h5-8,14H,3-4,9-13H2,1-2H3,(H,19,21). The minimum Gasteiger partial charge on any atom is -0.497 e. The number of benzene rings is 1. The summed E-state index contributed by atoms with van der Waals surface area (Å²) in [5.41, 5.74) is 1.04. The highest BCUT2D eigenvalue weighted by Crippen LogP contribution is 2.39. The molecule has 1 saturated carbocycles. The lowest BCUT2D eigenvalue weighted by molar-refractivity contribution is -0.126. The smallest absolute Gasteiger partial charge is 0.225 e. The maximum atomic E-state index is 12.7. The van der Waals surface area contributed by atoms with Crippen molar-refractivity contribution in [2.45, 2.75) is 37.6 Å². The van der Waals surface area contributed by atoms with Gasteiger partial charge in [0.05, 0.1) is 18.6 Å². The number of ether oxygens (including phenoxy) is 1. The normalized spacial score (nSPS) is 24.4. The Labute approximate surface area is 132 Å². The van der Waals surface area contributed by atoms with E-state index in [4.69, 9.17) is 4.74 Å². The van der Waals surface area contributed by atoms with E-state index < -0.39 is 0 Å². The topological polar surface area (TPSA) is 41.6 Å². The molecule has 4 nitrogen and oxygen atoms in total. The highest BCUT2D eigenvalue weighted by Gasteiger charge is 2.39. The molecule has 2 fully saturated rings. The number of amides is 1. The summed E-state index contributed by atoms with van der Waals surface area (Å²) in [4.78, 5) is 14.9. The van der Waals surface area contributed by atoms with Crippen LogP contribution in [0.4, 0.5) is 0 Å². The molecule has 3 rings (SSSR count). The van der Waals surface area contributed by atoms with Crippen LogP contribution in [0.3, 0.4) is 0 Å². The van der Waals surface area contributed by atoms with E-state index in [0.717, 1.165) is 38.1 Å². The lowest BCUT2D eigenvalue weighted by Gasteiger charge is -2.32. The van der Waals surface area contributed by atoms with E-state index in [2.05, 4.69) is 29.4 Å². The first-order valence-electron chi connectivity index (χ1n) is 8.28. The van der Waals surface area contributed by atoms with Gasteiger partial charge in [0.2, 0.25) is 5.91 Å². The lowest BCUT2D eigenvalue weighted by Crippen LogP contribution is -2.46. The molecule has 1 unspecified atom stereocenters. The van der Waals surface area contributed by atoms with Crippen LogP contribution in [0.25, 0.3) is 0 Å². The van der Waals surface area contributed by atoms with Crippen LogP contribution in [0.5, 0.6) is 5.75 Å². The maximum absolute atomic E-state index is 12.7. The van der Waals surface area contributed by atoms with Crippen molar-refractivity contribution >= 4 is 5.91 Å². The molecule has 1 atom stereocenters. The number of hydrogen-bond donors (Lipinski definition) is 1. The molecule has 1 aliphatic heterocycles. The number of rotatable bonds is 4. The summed E-state index contributed by atoms with van der Waals surface area (Å²) in [6, 6.07) is 8.19. The molecule has 1 N–H and O–H groups in total. The Morgan fingerprint density at radius 1 is 1.27 bits per heavy atom. The van der Waals surface area contributed by atoms with Crippen LogP contribution >= 0.6 is 0 Å². The number of carbonyl (C=O) groups is 1. The fourth-order valence-electron chi connectivity index (χ4n) is 3.86. The van der Waals surface area contributed by atoms with E-state index >= 15 is 0 Å². The molecule has 0 radical (unpaired) electrons. The SMILES string of the molecule is COc1ccc(C2(NC(=O)C3CCN(C)C3)CCCC2)cc1. The molecule has 1 amide bonds. The molecule has 1 saturated heterocycles. The van der Waals surface area contributed by atoms with Crippen molar-refractivity contribution in [3.8, 4) is 5.75 Å². The zero-order valence-electron chi connectivity index (χ0n) is 13.6. The van der Waals surface area contributed by atoms with E-state index in [0.29, 0.717) is 0 Å². The van der Waals surface area contributed by atoms with Gasteiger partial charge in [-0.1, -0.05) is 25.0 Å². The van der Waals surface area contributed by atoms with E-state index in [-0.39, 0.29) is 17.4 Å². The third kappa shape index (κ3) is 2.98. The van der Waals surface area contributed by atoms with E-state index in [1.54, 1.807) is 7.11 Å². The molecule has 1 aromatic carbocycles. The first kappa shape index (κ1) is 15.3. The number of nitrogens with one attached hydrogen (secondary N) is 1. The fourth-order valence-corrected chi connectivity index (χ4v) is 3.86. The summed E-state index contributed by atoms with van der Waals surface area (Å²) >= 11 is 0. The quantitative estimate of drug-likeness (QED) is 0.929. The predicted molar refractivity (Wildman–Crippen MR) is 86.9 cm³/mol. The molecule has 0 aromatic heterocycles. The molecule has 22 heavy (non-hydrogen) atoms. The third-order valence-electron chi connectivity index (χ3n) is 5.22. The number of methoxy groups -OCH3 is 1. The first-order chi connectivity index (χ1) is 10.6. The number of hydrogen-bond acceptors (Lipinski definition) is 3. The molecular formula is C18H26N2O2. The lowest BCUT2D eigenvalue weighted by atomic mass is 9.87. The Morgan fingerprint density at radius 2 is 1.95 bits per heavy atom. The van der Waals surface area contributed by atoms with Gasteiger partial charge in [-0.15, -0.1) is 0 Å². The van der Waals surface area contributed by atoms with Crippen LogP contribution in [-0.4, -0.2) is 38.1 Å². The van der Waals surface area contributed by atoms with Gasteiger partial charge >= 0.3 is 0 Å². The van der Waals surface area contributed by atoms with Crippen molar-refractivity contribution in [3.05, 3.63) is 29.8 Å². The van der Waals surface area contributed by atoms with Gasteiger partial charge < -0.3 is 15.0 Å². The fraction of sp³-hybridized carbons (Fsp3) is 0.611. The van der Waals surface area contributed by atoms with Crippen molar-refractivity contribution in [1.29, 1.82) is 0 Å². The van der Waals surface area contributed by atoms with Gasteiger partial charge in [-0.05, 0) is 50.6 Å². The maximum Gasteiger partial charge on any atom is 0.225 e. The second-order valence-corrected chi connectivity index (χ2v) is 6.75. The number of likely N-dealkylation sites (tertiary alicyclic amines) is 1. The largest absolute Gasteiger partial charge is 0.497 e. The molecule has 1 aromatic rings. The van der Waals surface area contributed by atoms with Crippen LogP contribution in [-0.2, 0) is 10.3 Å². The molecule has 4 heteroatoms. The zero-order chi connectivity index (χ0) is 15.6. The minimum absolute atomic E-state index is 0.140. The van der Waals surface area contributed by atoms with Crippen LogP contribution in [0.15, 0.2) is 24.3 Å². The average molecular weight is 302 g/mol. The highest BCUT2D eigenvalue weighted by atomic mass is 16.5. The number of carbonyl (C=O) groups excluding carboxylic acids is 1. The Morgan fingerprint density at radius 3 is 2.50 bits per heavy atom. The summed E-state index contributed by atoms with van der Waals surface area (Å²) in [6.45, 7) is 1.90. The van der Waals surface area contributed by atoms with Gasteiger partial charge in [0.1, 0.15) is 5.75 Å². The van der Waals surface area contributed by atoms with Crippen LogP contribution < -0.4 is 10.1 Å². The van der Waals surface area contributed by atoms with Crippen molar-refractivity contribution in [3.63, 3.8) is 0 Å². The van der Waals surface area contributed by atoms with Crippen LogP contribution in [0, 0.1) is 5.92 Å². The molecule has 0 spiro atoms. The van der Waals surface area contributed by atoms with Gasteiger partial charge in [-0.3, -0.25) is 4.79 Å². The van der Waals surface area contributed by atoms with E-state index in [1.165, 1.54) is 18.4 Å². The predicted octanol–water partition coefficient (Wildman–Crippen LogP) is 2.53. The third-order valence-corrected chi connectivity index (χ3v) is 5.22. The average Bonchev–Trinajstić information content (AvgIpc) is 3.17. The van der Waals surface area contributed by atoms with Crippen LogP contribution in [0.1, 0.15) is 37.7 Å².